The fraction of sp³-hybridized carbons (Fsp3) is 0.667. The Morgan fingerprint density at radius 1 is 1.04 bits per heavy atom. The number of aliphatic imine (C=N–C) groups is 1. The molecule has 2 fully saturated rings. The van der Waals surface area contributed by atoms with E-state index in [1.54, 1.807) is 0 Å². The smallest absolute Gasteiger partial charge is 0.191 e. The minimum absolute atomic E-state index is 0.596. The van der Waals surface area contributed by atoms with Crippen LogP contribution in [0.4, 0.5) is 0 Å². The predicted octanol–water partition coefficient (Wildman–Crippen LogP) is 2.43. The van der Waals surface area contributed by atoms with Crippen LogP contribution in [0.15, 0.2) is 29.3 Å². The first kappa shape index (κ1) is 19.2. The second-order valence-corrected chi connectivity index (χ2v) is 7.72. The molecule has 1 aromatic rings. The van der Waals surface area contributed by atoms with Gasteiger partial charge in [-0.15, -0.1) is 0 Å². The SMILES string of the molecule is CCNC(=NCc1ccc(CN2CCN(C)CC2)cc1)NC1CCCC1. The summed E-state index contributed by atoms with van der Waals surface area (Å²) in [5, 5.41) is 6.96. The van der Waals surface area contributed by atoms with Crippen molar-refractivity contribution >= 4 is 5.96 Å². The van der Waals surface area contributed by atoms with Crippen molar-refractivity contribution in [2.75, 3.05) is 39.8 Å². The Hall–Kier alpha value is -1.59. The van der Waals surface area contributed by atoms with Crippen molar-refractivity contribution in [3.63, 3.8) is 0 Å². The van der Waals surface area contributed by atoms with E-state index in [1.807, 2.05) is 0 Å². The fourth-order valence-corrected chi connectivity index (χ4v) is 3.77. The lowest BCUT2D eigenvalue weighted by molar-refractivity contribution is 0.148. The fourth-order valence-electron chi connectivity index (χ4n) is 3.77. The Morgan fingerprint density at radius 3 is 2.35 bits per heavy atom. The van der Waals surface area contributed by atoms with E-state index in [9.17, 15) is 0 Å². The molecule has 144 valence electrons. The Bertz CT molecular complexity index is 554. The van der Waals surface area contributed by atoms with Gasteiger partial charge in [-0.1, -0.05) is 37.1 Å². The van der Waals surface area contributed by atoms with Crippen molar-refractivity contribution in [2.24, 2.45) is 4.99 Å². The Kier molecular flexibility index (Phi) is 7.32. The number of nitrogens with zero attached hydrogens (tertiary/aromatic N) is 3. The first-order chi connectivity index (χ1) is 12.7. The number of hydrogen-bond donors (Lipinski definition) is 2. The molecule has 26 heavy (non-hydrogen) atoms. The van der Waals surface area contributed by atoms with Gasteiger partial charge in [0.15, 0.2) is 5.96 Å². The van der Waals surface area contributed by atoms with Crippen LogP contribution in [0.2, 0.25) is 0 Å². The number of piperazine rings is 1. The van der Waals surface area contributed by atoms with E-state index in [0.717, 1.165) is 25.6 Å². The summed E-state index contributed by atoms with van der Waals surface area (Å²) in [5.74, 6) is 0.959. The lowest BCUT2D eigenvalue weighted by Gasteiger charge is -2.32. The summed E-state index contributed by atoms with van der Waals surface area (Å²) in [6.45, 7) is 9.51. The topological polar surface area (TPSA) is 42.9 Å². The Balaban J connectivity index is 1.50. The minimum Gasteiger partial charge on any atom is -0.357 e. The highest BCUT2D eigenvalue weighted by Gasteiger charge is 2.16. The Labute approximate surface area is 158 Å². The number of benzene rings is 1. The molecule has 0 amide bonds. The molecule has 2 N–H and O–H groups in total. The summed E-state index contributed by atoms with van der Waals surface area (Å²) in [4.78, 5) is 9.72. The standard InChI is InChI=1S/C21H35N5/c1-3-22-21(24-20-6-4-5-7-20)23-16-18-8-10-19(11-9-18)17-26-14-12-25(2)13-15-26/h8-11,20H,3-7,12-17H2,1-2H3,(H2,22,23,24). The third-order valence-electron chi connectivity index (χ3n) is 5.49. The maximum Gasteiger partial charge on any atom is 0.191 e. The summed E-state index contributed by atoms with van der Waals surface area (Å²) in [5.41, 5.74) is 2.68. The molecule has 5 nitrogen and oxygen atoms in total. The van der Waals surface area contributed by atoms with Crippen LogP contribution in [0, 0.1) is 0 Å². The lowest BCUT2D eigenvalue weighted by atomic mass is 10.1. The molecule has 3 rings (SSSR count). The number of guanidine groups is 1. The van der Waals surface area contributed by atoms with Crippen LogP contribution in [0.5, 0.6) is 0 Å². The van der Waals surface area contributed by atoms with E-state index < -0.39 is 0 Å². The average Bonchev–Trinajstić information content (AvgIpc) is 3.16. The maximum atomic E-state index is 4.78. The van der Waals surface area contributed by atoms with Gasteiger partial charge < -0.3 is 15.5 Å². The zero-order chi connectivity index (χ0) is 18.2. The second-order valence-electron chi connectivity index (χ2n) is 7.72. The Morgan fingerprint density at radius 2 is 1.69 bits per heavy atom. The molecule has 0 aromatic heterocycles. The van der Waals surface area contributed by atoms with Gasteiger partial charge in [-0.25, -0.2) is 4.99 Å². The zero-order valence-electron chi connectivity index (χ0n) is 16.5. The van der Waals surface area contributed by atoms with Crippen LogP contribution in [-0.4, -0.2) is 61.6 Å². The van der Waals surface area contributed by atoms with Gasteiger partial charge in [0, 0.05) is 45.3 Å². The zero-order valence-corrected chi connectivity index (χ0v) is 16.5. The van der Waals surface area contributed by atoms with Gasteiger partial charge in [0.2, 0.25) is 0 Å². The van der Waals surface area contributed by atoms with Gasteiger partial charge in [0.05, 0.1) is 6.54 Å². The van der Waals surface area contributed by atoms with E-state index in [-0.39, 0.29) is 0 Å². The lowest BCUT2D eigenvalue weighted by Crippen LogP contribution is -2.43. The summed E-state index contributed by atoms with van der Waals surface area (Å²) < 4.78 is 0. The molecule has 0 spiro atoms. The maximum absolute atomic E-state index is 4.78. The van der Waals surface area contributed by atoms with E-state index in [0.29, 0.717) is 6.04 Å². The minimum atomic E-state index is 0.596. The third kappa shape index (κ3) is 5.99. The largest absolute Gasteiger partial charge is 0.357 e. The van der Waals surface area contributed by atoms with E-state index >= 15 is 0 Å². The van der Waals surface area contributed by atoms with Crippen LogP contribution in [0.25, 0.3) is 0 Å². The normalized spacial score (nSPS) is 20.5. The predicted molar refractivity (Wildman–Crippen MR) is 109 cm³/mol. The van der Waals surface area contributed by atoms with Crippen molar-refractivity contribution in [1.82, 2.24) is 20.4 Å². The van der Waals surface area contributed by atoms with E-state index in [4.69, 9.17) is 4.99 Å². The van der Waals surface area contributed by atoms with Crippen molar-refractivity contribution in [1.29, 1.82) is 0 Å². The first-order valence-electron chi connectivity index (χ1n) is 10.3. The molecule has 2 aliphatic rings. The highest BCUT2D eigenvalue weighted by atomic mass is 15.2. The van der Waals surface area contributed by atoms with Crippen LogP contribution < -0.4 is 10.6 Å². The van der Waals surface area contributed by atoms with Crippen LogP contribution in [0.3, 0.4) is 0 Å². The second kappa shape index (κ2) is 9.93. The number of hydrogen-bond acceptors (Lipinski definition) is 3. The van der Waals surface area contributed by atoms with E-state index in [2.05, 4.69) is 58.7 Å². The van der Waals surface area contributed by atoms with Gasteiger partial charge in [-0.3, -0.25) is 4.90 Å². The summed E-state index contributed by atoms with van der Waals surface area (Å²) >= 11 is 0. The van der Waals surface area contributed by atoms with Crippen LogP contribution in [0.1, 0.15) is 43.7 Å². The molecule has 1 heterocycles. The molecular formula is C21H35N5. The monoisotopic (exact) mass is 357 g/mol. The van der Waals surface area contributed by atoms with Gasteiger partial charge in [0.25, 0.3) is 0 Å². The molecule has 0 bridgehead atoms. The molecule has 0 atom stereocenters. The van der Waals surface area contributed by atoms with Crippen LogP contribution in [-0.2, 0) is 13.1 Å². The quantitative estimate of drug-likeness (QED) is 0.606. The number of nitrogens with one attached hydrogen (secondary N) is 2. The van der Waals surface area contributed by atoms with Crippen molar-refractivity contribution < 1.29 is 0 Å². The first-order valence-corrected chi connectivity index (χ1v) is 10.3. The average molecular weight is 358 g/mol. The van der Waals surface area contributed by atoms with Crippen molar-refractivity contribution in [3.05, 3.63) is 35.4 Å². The van der Waals surface area contributed by atoms with Gasteiger partial charge >= 0.3 is 0 Å². The van der Waals surface area contributed by atoms with Gasteiger partial charge in [-0.2, -0.15) is 0 Å². The molecule has 0 unspecified atom stereocenters. The summed E-state index contributed by atoms with van der Waals surface area (Å²) in [7, 11) is 2.20. The van der Waals surface area contributed by atoms with E-state index in [1.165, 1.54) is 63.0 Å². The molecule has 1 saturated carbocycles. The number of likely N-dealkylation sites (N-methyl/N-ethyl adjacent to an activating group) is 1. The molecule has 0 radical (unpaired) electrons. The van der Waals surface area contributed by atoms with Gasteiger partial charge in [-0.05, 0) is 37.9 Å². The van der Waals surface area contributed by atoms with Crippen LogP contribution >= 0.6 is 0 Å². The van der Waals surface area contributed by atoms with Crippen molar-refractivity contribution in [3.8, 4) is 0 Å². The highest BCUT2D eigenvalue weighted by Crippen LogP contribution is 2.17. The molecular weight excluding hydrogens is 322 g/mol. The molecule has 5 heteroatoms. The third-order valence-corrected chi connectivity index (χ3v) is 5.49. The van der Waals surface area contributed by atoms with Crippen molar-refractivity contribution in [2.45, 2.75) is 51.7 Å². The summed E-state index contributed by atoms with van der Waals surface area (Å²) in [6, 6.07) is 9.59. The molecule has 1 aliphatic carbocycles. The molecule has 1 saturated heterocycles. The molecule has 1 aliphatic heterocycles. The summed E-state index contributed by atoms with van der Waals surface area (Å²) in [6.07, 6.45) is 5.22. The molecule has 1 aromatic carbocycles. The number of rotatable bonds is 6. The van der Waals surface area contributed by atoms with Gasteiger partial charge in [0.1, 0.15) is 0 Å². The highest BCUT2D eigenvalue weighted by molar-refractivity contribution is 5.80.